The number of rotatable bonds is 4. The van der Waals surface area contributed by atoms with Crippen LogP contribution in [0.5, 0.6) is 0 Å². The van der Waals surface area contributed by atoms with Gasteiger partial charge in [-0.3, -0.25) is 0 Å². The van der Waals surface area contributed by atoms with Gasteiger partial charge in [0.1, 0.15) is 28.4 Å². The standard InChI is InChI=1S/C72H44N6O2/c1-39-22-26-58-47(30-39)48-31-40(2)23-27-59(48)75(58)69-55(38-73)70(77-56-18-10-6-14-43(56)51-34-53-45-16-8-12-20-64(45)79-66(53)36-62(51)77)72(76-60-28-24-41(3)32-49(60)50-33-42(4)25-29-61(50)76)71(68(69)74-5)78-57-19-11-7-15-44(57)52-35-54-46-17-9-13-21-65(46)80-67(54)37-63(52)78/h6-37H,1-4H3. The zero-order chi connectivity index (χ0) is 53.4. The third-order valence-electron chi connectivity index (χ3n) is 17.0. The molecular weight excluding hydrogens is 981 g/mol. The summed E-state index contributed by atoms with van der Waals surface area (Å²) in [5.74, 6) is 0. The SMILES string of the molecule is [C-]#[N+]c1c(-n2c3ccc(C)cc3c3cc(C)ccc32)c(C#N)c(-n2c3ccccc3c3cc4c(cc32)oc2ccccc24)c(-n2c3ccc(C)cc3c3cc(C)ccc32)c1-n1c2ccccc2c2cc3c(cc21)oc1ccccc13. The van der Waals surface area contributed by atoms with Crippen LogP contribution in [-0.4, -0.2) is 18.3 Å². The summed E-state index contributed by atoms with van der Waals surface area (Å²) in [6.45, 7) is 18.4. The molecule has 0 aliphatic carbocycles. The van der Waals surface area contributed by atoms with E-state index in [4.69, 9.17) is 13.7 Å². The van der Waals surface area contributed by atoms with Gasteiger partial charge in [-0.25, -0.2) is 4.85 Å². The van der Waals surface area contributed by atoms with Gasteiger partial charge in [0.05, 0.1) is 79.0 Å². The van der Waals surface area contributed by atoms with Crippen molar-refractivity contribution < 1.29 is 8.83 Å². The van der Waals surface area contributed by atoms with Gasteiger partial charge in [-0.2, -0.15) is 5.26 Å². The van der Waals surface area contributed by atoms with Crippen LogP contribution in [-0.2, 0) is 0 Å². The van der Waals surface area contributed by atoms with Crippen LogP contribution in [0.25, 0.3) is 159 Å². The highest BCUT2D eigenvalue weighted by Gasteiger charge is 2.35. The molecular formula is C72H44N6O2. The minimum Gasteiger partial charge on any atom is -0.456 e. The molecule has 6 heterocycles. The van der Waals surface area contributed by atoms with E-state index in [1.165, 1.54) is 0 Å². The van der Waals surface area contributed by atoms with Crippen LogP contribution in [0.2, 0.25) is 0 Å². The monoisotopic (exact) mass is 1020 g/mol. The van der Waals surface area contributed by atoms with Gasteiger partial charge in [0.2, 0.25) is 5.69 Å². The first-order valence-electron chi connectivity index (χ1n) is 27.0. The van der Waals surface area contributed by atoms with Gasteiger partial charge in [0.15, 0.2) is 0 Å². The van der Waals surface area contributed by atoms with Crippen molar-refractivity contribution in [2.45, 2.75) is 27.7 Å². The maximum Gasteiger partial charge on any atom is 0.237 e. The molecule has 0 unspecified atom stereocenters. The van der Waals surface area contributed by atoms with Crippen LogP contribution >= 0.6 is 0 Å². The summed E-state index contributed by atoms with van der Waals surface area (Å²) in [6.07, 6.45) is 0. The second kappa shape index (κ2) is 15.9. The Bertz CT molecular complexity index is 5410. The molecule has 0 radical (unpaired) electrons. The lowest BCUT2D eigenvalue weighted by atomic mass is 10.0. The molecule has 374 valence electrons. The molecule has 11 aromatic carbocycles. The van der Waals surface area contributed by atoms with Crippen molar-refractivity contribution in [2.75, 3.05) is 0 Å². The molecule has 8 heteroatoms. The van der Waals surface area contributed by atoms with Gasteiger partial charge in [0.25, 0.3) is 0 Å². The Kier molecular flexibility index (Phi) is 8.81. The summed E-state index contributed by atoms with van der Waals surface area (Å²) in [5, 5.41) is 25.0. The highest BCUT2D eigenvalue weighted by atomic mass is 16.3. The average molecular weight is 1030 g/mol. The Morgan fingerprint density at radius 1 is 0.325 bits per heavy atom. The molecule has 0 atom stereocenters. The van der Waals surface area contributed by atoms with Gasteiger partial charge in [-0.1, -0.05) is 119 Å². The molecule has 0 saturated heterocycles. The van der Waals surface area contributed by atoms with Crippen LogP contribution in [0.1, 0.15) is 27.8 Å². The van der Waals surface area contributed by atoms with Crippen LogP contribution in [0.15, 0.2) is 203 Å². The van der Waals surface area contributed by atoms with Crippen molar-refractivity contribution in [1.29, 1.82) is 5.26 Å². The van der Waals surface area contributed by atoms with Crippen molar-refractivity contribution >= 4 is 137 Å². The van der Waals surface area contributed by atoms with Gasteiger partial charge in [0, 0.05) is 76.8 Å². The topological polar surface area (TPSA) is 74.2 Å². The van der Waals surface area contributed by atoms with Crippen molar-refractivity contribution in [2.24, 2.45) is 0 Å². The molecule has 0 amide bonds. The first kappa shape index (κ1) is 44.3. The second-order valence-electron chi connectivity index (χ2n) is 21.7. The second-order valence-corrected chi connectivity index (χ2v) is 21.7. The summed E-state index contributed by atoms with van der Waals surface area (Å²) < 4.78 is 22.7. The van der Waals surface area contributed by atoms with E-state index in [0.29, 0.717) is 34.0 Å². The molecule has 0 aliphatic heterocycles. The number of aryl methyl sites for hydroxylation is 4. The largest absolute Gasteiger partial charge is 0.456 e. The molecule has 0 spiro atoms. The maximum atomic E-state index is 12.7. The number of furan rings is 2. The smallest absolute Gasteiger partial charge is 0.237 e. The van der Waals surface area contributed by atoms with Crippen molar-refractivity contribution in [3.63, 3.8) is 0 Å². The third-order valence-corrected chi connectivity index (χ3v) is 17.0. The third kappa shape index (κ3) is 5.81. The molecule has 0 saturated carbocycles. The normalized spacial score (nSPS) is 12.2. The minimum atomic E-state index is 0.322. The van der Waals surface area contributed by atoms with Gasteiger partial charge < -0.3 is 27.1 Å². The van der Waals surface area contributed by atoms with E-state index < -0.39 is 0 Å². The van der Waals surface area contributed by atoms with Gasteiger partial charge in [-0.05, 0) is 113 Å². The maximum absolute atomic E-state index is 12.7. The fourth-order valence-electron chi connectivity index (χ4n) is 13.6. The summed E-state index contributed by atoms with van der Waals surface area (Å²) in [7, 11) is 0. The Balaban J connectivity index is 1.19. The van der Waals surface area contributed by atoms with Crippen LogP contribution < -0.4 is 0 Å². The fraction of sp³-hybridized carbons (Fsp3) is 0.0556. The van der Waals surface area contributed by atoms with Crippen LogP contribution in [0, 0.1) is 45.6 Å². The fourth-order valence-corrected chi connectivity index (χ4v) is 13.6. The van der Waals surface area contributed by atoms with E-state index in [9.17, 15) is 11.8 Å². The molecule has 0 N–H and O–H groups in total. The number of nitrogens with zero attached hydrogens (tertiary/aromatic N) is 6. The summed E-state index contributed by atoms with van der Waals surface area (Å²) in [4.78, 5) is 4.82. The van der Waals surface area contributed by atoms with E-state index in [0.717, 1.165) is 153 Å². The lowest BCUT2D eigenvalue weighted by Gasteiger charge is -2.27. The Morgan fingerprint density at radius 3 is 1.10 bits per heavy atom. The molecule has 0 fully saturated rings. The highest BCUT2D eigenvalue weighted by molar-refractivity contribution is 6.21. The summed E-state index contributed by atoms with van der Waals surface area (Å²) in [5.41, 5.74) is 17.8. The van der Waals surface area contributed by atoms with E-state index in [1.54, 1.807) is 0 Å². The summed E-state index contributed by atoms with van der Waals surface area (Å²) >= 11 is 0. The van der Waals surface area contributed by atoms with E-state index in [-0.39, 0.29) is 0 Å². The average Bonchev–Trinajstić information content (AvgIpc) is 4.40. The Morgan fingerprint density at radius 2 is 0.675 bits per heavy atom. The molecule has 17 aromatic rings. The zero-order valence-electron chi connectivity index (χ0n) is 44.0. The molecule has 80 heavy (non-hydrogen) atoms. The lowest BCUT2D eigenvalue weighted by Crippen LogP contribution is -2.14. The predicted molar refractivity (Wildman–Crippen MR) is 328 cm³/mol. The summed E-state index contributed by atoms with van der Waals surface area (Å²) in [6, 6.07) is 71.4. The number of nitriles is 1. The van der Waals surface area contributed by atoms with E-state index >= 15 is 0 Å². The highest BCUT2D eigenvalue weighted by Crippen LogP contribution is 2.53. The predicted octanol–water partition coefficient (Wildman–Crippen LogP) is 19.5. The zero-order valence-corrected chi connectivity index (χ0v) is 44.0. The van der Waals surface area contributed by atoms with Crippen molar-refractivity contribution in [3.8, 4) is 28.8 Å². The molecule has 17 rings (SSSR count). The molecule has 0 aliphatic rings. The molecule has 0 bridgehead atoms. The number of fused-ring (bicyclic) bond motifs is 18. The number of hydrogen-bond donors (Lipinski definition) is 0. The van der Waals surface area contributed by atoms with Crippen LogP contribution in [0.3, 0.4) is 0 Å². The number of benzene rings is 11. The Labute approximate surface area is 456 Å². The van der Waals surface area contributed by atoms with Crippen molar-refractivity contribution in [1.82, 2.24) is 18.3 Å². The van der Waals surface area contributed by atoms with Gasteiger partial charge >= 0.3 is 0 Å². The first-order chi connectivity index (χ1) is 39.2. The number of aromatic nitrogens is 4. The molecule has 8 nitrogen and oxygen atoms in total. The lowest BCUT2D eigenvalue weighted by molar-refractivity contribution is 0.669. The minimum absolute atomic E-state index is 0.322. The quantitative estimate of drug-likeness (QED) is 0.165. The number of para-hydroxylation sites is 4. The van der Waals surface area contributed by atoms with Crippen LogP contribution in [0.4, 0.5) is 5.69 Å². The van der Waals surface area contributed by atoms with Gasteiger partial charge in [-0.15, -0.1) is 0 Å². The first-order valence-corrected chi connectivity index (χ1v) is 27.0. The van der Waals surface area contributed by atoms with E-state index in [1.807, 2.05) is 24.3 Å². The number of hydrogen-bond acceptors (Lipinski definition) is 3. The molecule has 6 aromatic heterocycles. The Hall–Kier alpha value is -10.8. The van der Waals surface area contributed by atoms with Crippen molar-refractivity contribution in [3.05, 3.63) is 233 Å². The van der Waals surface area contributed by atoms with E-state index in [2.05, 4.69) is 222 Å².